The van der Waals surface area contributed by atoms with Gasteiger partial charge in [0.2, 0.25) is 5.91 Å². The van der Waals surface area contributed by atoms with Gasteiger partial charge in [0, 0.05) is 23.8 Å². The summed E-state index contributed by atoms with van der Waals surface area (Å²) in [6.45, 7) is 5.78. The van der Waals surface area contributed by atoms with E-state index in [-0.39, 0.29) is 17.9 Å². The lowest BCUT2D eigenvalue weighted by atomic mass is 9.95. The van der Waals surface area contributed by atoms with Gasteiger partial charge in [-0.25, -0.2) is 4.79 Å². The molecule has 0 heterocycles. The Kier molecular flexibility index (Phi) is 7.64. The minimum absolute atomic E-state index is 0.0779. The molecule has 1 aliphatic carbocycles. The molecule has 1 atom stereocenters. The first-order valence-electron chi connectivity index (χ1n) is 9.67. The van der Waals surface area contributed by atoms with Gasteiger partial charge in [0.25, 0.3) is 5.91 Å². The standard InChI is InChI=1S/C20H30N4O3/c1-4-21-18(25)14(3)22-20(27)24-17-11-10-15(12-13(17)2)19(26)23-16-8-6-5-7-9-16/h10-12,14,16H,4-9H2,1-3H3,(H,21,25)(H,23,26)(H2,22,24,27). The first-order chi connectivity index (χ1) is 12.9. The number of nitrogens with one attached hydrogen (secondary N) is 4. The third-order valence-corrected chi connectivity index (χ3v) is 4.77. The molecule has 2 rings (SSSR count). The predicted octanol–water partition coefficient (Wildman–Crippen LogP) is 2.70. The molecule has 7 nitrogen and oxygen atoms in total. The number of aryl methyl sites for hydroxylation is 1. The van der Waals surface area contributed by atoms with E-state index in [1.165, 1.54) is 6.42 Å². The second kappa shape index (κ2) is 9.94. The molecule has 4 amide bonds. The molecule has 0 aliphatic heterocycles. The first kappa shape index (κ1) is 20.7. The average molecular weight is 374 g/mol. The van der Waals surface area contributed by atoms with Crippen LogP contribution in [0.25, 0.3) is 0 Å². The molecule has 1 aromatic rings. The second-order valence-electron chi connectivity index (χ2n) is 7.05. The smallest absolute Gasteiger partial charge is 0.319 e. The molecule has 1 aromatic carbocycles. The number of likely N-dealkylation sites (N-methyl/N-ethyl adjacent to an activating group) is 1. The minimum Gasteiger partial charge on any atom is -0.355 e. The summed E-state index contributed by atoms with van der Waals surface area (Å²) in [5.41, 5.74) is 1.97. The molecule has 4 N–H and O–H groups in total. The molecule has 1 saturated carbocycles. The van der Waals surface area contributed by atoms with Gasteiger partial charge in [-0.3, -0.25) is 9.59 Å². The lowest BCUT2D eigenvalue weighted by Crippen LogP contribution is -2.46. The van der Waals surface area contributed by atoms with Gasteiger partial charge in [-0.1, -0.05) is 19.3 Å². The number of hydrogen-bond acceptors (Lipinski definition) is 3. The SMILES string of the molecule is CCNC(=O)C(C)NC(=O)Nc1ccc(C(=O)NC2CCCCC2)cc1C. The summed E-state index contributed by atoms with van der Waals surface area (Å²) >= 11 is 0. The van der Waals surface area contributed by atoms with Gasteiger partial charge < -0.3 is 21.3 Å². The zero-order valence-electron chi connectivity index (χ0n) is 16.4. The summed E-state index contributed by atoms with van der Waals surface area (Å²) in [7, 11) is 0. The van der Waals surface area contributed by atoms with Crippen molar-refractivity contribution >= 4 is 23.5 Å². The predicted molar refractivity (Wildman–Crippen MR) is 106 cm³/mol. The van der Waals surface area contributed by atoms with Crippen LogP contribution in [0, 0.1) is 6.92 Å². The summed E-state index contributed by atoms with van der Waals surface area (Å²) in [6, 6.07) is 4.34. The molecule has 1 unspecified atom stereocenters. The Labute approximate surface area is 160 Å². The van der Waals surface area contributed by atoms with Gasteiger partial charge in [0.1, 0.15) is 6.04 Å². The van der Waals surface area contributed by atoms with E-state index in [1.54, 1.807) is 25.1 Å². The molecule has 148 valence electrons. The normalized spacial score (nSPS) is 15.5. The second-order valence-corrected chi connectivity index (χ2v) is 7.05. The number of urea groups is 1. The highest BCUT2D eigenvalue weighted by molar-refractivity contribution is 5.97. The molecule has 0 radical (unpaired) electrons. The summed E-state index contributed by atoms with van der Waals surface area (Å²) in [6.07, 6.45) is 5.64. The molecule has 0 spiro atoms. The Hall–Kier alpha value is -2.57. The Morgan fingerprint density at radius 2 is 1.85 bits per heavy atom. The van der Waals surface area contributed by atoms with Crippen molar-refractivity contribution in [2.45, 2.75) is 65.0 Å². The van der Waals surface area contributed by atoms with Crippen molar-refractivity contribution in [3.8, 4) is 0 Å². The van der Waals surface area contributed by atoms with E-state index in [4.69, 9.17) is 0 Å². The molecule has 1 aliphatic rings. The van der Waals surface area contributed by atoms with Crippen LogP contribution in [0.2, 0.25) is 0 Å². The summed E-state index contributed by atoms with van der Waals surface area (Å²) < 4.78 is 0. The van der Waals surface area contributed by atoms with Crippen molar-refractivity contribution < 1.29 is 14.4 Å². The van der Waals surface area contributed by atoms with Crippen molar-refractivity contribution in [1.82, 2.24) is 16.0 Å². The van der Waals surface area contributed by atoms with Crippen LogP contribution in [0.1, 0.15) is 61.9 Å². The van der Waals surface area contributed by atoms with E-state index in [1.807, 2.05) is 13.8 Å². The maximum absolute atomic E-state index is 12.4. The Balaban J connectivity index is 1.92. The van der Waals surface area contributed by atoms with Crippen molar-refractivity contribution in [1.29, 1.82) is 0 Å². The highest BCUT2D eigenvalue weighted by atomic mass is 16.2. The van der Waals surface area contributed by atoms with Crippen LogP contribution in [0.3, 0.4) is 0 Å². The lowest BCUT2D eigenvalue weighted by Gasteiger charge is -2.23. The van der Waals surface area contributed by atoms with Gasteiger partial charge in [-0.15, -0.1) is 0 Å². The maximum atomic E-state index is 12.4. The quantitative estimate of drug-likeness (QED) is 0.616. The van der Waals surface area contributed by atoms with E-state index in [2.05, 4.69) is 21.3 Å². The Bertz CT molecular complexity index is 684. The Morgan fingerprint density at radius 3 is 2.48 bits per heavy atom. The van der Waals surface area contributed by atoms with Crippen molar-refractivity contribution in [2.24, 2.45) is 0 Å². The monoisotopic (exact) mass is 374 g/mol. The van der Waals surface area contributed by atoms with Crippen molar-refractivity contribution in [2.75, 3.05) is 11.9 Å². The van der Waals surface area contributed by atoms with Gasteiger partial charge in [-0.05, 0) is 57.4 Å². The number of amides is 4. The van der Waals surface area contributed by atoms with Crippen LogP contribution in [0.5, 0.6) is 0 Å². The van der Waals surface area contributed by atoms with Gasteiger partial charge >= 0.3 is 6.03 Å². The van der Waals surface area contributed by atoms with Crippen LogP contribution in [-0.4, -0.2) is 36.5 Å². The summed E-state index contributed by atoms with van der Waals surface area (Å²) in [5.74, 6) is -0.315. The van der Waals surface area contributed by atoms with E-state index in [0.717, 1.165) is 31.2 Å². The third kappa shape index (κ3) is 6.27. The maximum Gasteiger partial charge on any atom is 0.319 e. The fraction of sp³-hybridized carbons (Fsp3) is 0.550. The molecule has 27 heavy (non-hydrogen) atoms. The topological polar surface area (TPSA) is 99.3 Å². The molecule has 7 heteroatoms. The first-order valence-corrected chi connectivity index (χ1v) is 9.67. The summed E-state index contributed by atoms with van der Waals surface area (Å²) in [5, 5.41) is 11.1. The van der Waals surface area contributed by atoms with Crippen molar-refractivity contribution in [3.05, 3.63) is 29.3 Å². The zero-order chi connectivity index (χ0) is 19.8. The average Bonchev–Trinajstić information content (AvgIpc) is 2.64. The van der Waals surface area contributed by atoms with E-state index < -0.39 is 12.1 Å². The molecular weight excluding hydrogens is 344 g/mol. The molecule has 1 fully saturated rings. The number of hydrogen-bond donors (Lipinski definition) is 4. The van der Waals surface area contributed by atoms with Crippen LogP contribution in [0.15, 0.2) is 18.2 Å². The Morgan fingerprint density at radius 1 is 1.15 bits per heavy atom. The fourth-order valence-electron chi connectivity index (χ4n) is 3.21. The highest BCUT2D eigenvalue weighted by Gasteiger charge is 2.18. The van der Waals surface area contributed by atoms with Crippen LogP contribution >= 0.6 is 0 Å². The van der Waals surface area contributed by atoms with Crippen molar-refractivity contribution in [3.63, 3.8) is 0 Å². The van der Waals surface area contributed by atoms with E-state index >= 15 is 0 Å². The number of benzene rings is 1. The summed E-state index contributed by atoms with van der Waals surface area (Å²) in [4.78, 5) is 36.2. The number of rotatable bonds is 6. The van der Waals surface area contributed by atoms with E-state index in [0.29, 0.717) is 17.8 Å². The molecule has 0 bridgehead atoms. The third-order valence-electron chi connectivity index (χ3n) is 4.77. The number of carbonyl (C=O) groups excluding carboxylic acids is 3. The van der Waals surface area contributed by atoms with Crippen LogP contribution in [0.4, 0.5) is 10.5 Å². The largest absolute Gasteiger partial charge is 0.355 e. The van der Waals surface area contributed by atoms with Gasteiger partial charge in [0.15, 0.2) is 0 Å². The van der Waals surface area contributed by atoms with Gasteiger partial charge in [0.05, 0.1) is 0 Å². The van der Waals surface area contributed by atoms with Gasteiger partial charge in [-0.2, -0.15) is 0 Å². The van der Waals surface area contributed by atoms with Crippen LogP contribution < -0.4 is 21.3 Å². The molecular formula is C20H30N4O3. The molecule has 0 saturated heterocycles. The number of carbonyl (C=O) groups is 3. The minimum atomic E-state index is -0.634. The molecule has 0 aromatic heterocycles. The zero-order valence-corrected chi connectivity index (χ0v) is 16.4. The highest BCUT2D eigenvalue weighted by Crippen LogP contribution is 2.20. The lowest BCUT2D eigenvalue weighted by molar-refractivity contribution is -0.122. The fourth-order valence-corrected chi connectivity index (χ4v) is 3.21. The van der Waals surface area contributed by atoms with Crippen LogP contribution in [-0.2, 0) is 4.79 Å². The number of anilines is 1. The van der Waals surface area contributed by atoms with E-state index in [9.17, 15) is 14.4 Å².